The first-order valence-electron chi connectivity index (χ1n) is 11.8. The van der Waals surface area contributed by atoms with Gasteiger partial charge in [0.05, 0.1) is 20.8 Å². The molecule has 0 bridgehead atoms. The second kappa shape index (κ2) is 12.9. The summed E-state index contributed by atoms with van der Waals surface area (Å²) in [6, 6.07) is 13.3. The maximum Gasteiger partial charge on any atom is 0.303 e. The summed E-state index contributed by atoms with van der Waals surface area (Å²) in [5.74, 6) is -0.0123. The largest absolute Gasteiger partial charge is 0.496 e. The zero-order valence-corrected chi connectivity index (χ0v) is 23.7. The second-order valence-electron chi connectivity index (χ2n) is 8.67. The molecule has 3 aromatic rings. The van der Waals surface area contributed by atoms with Gasteiger partial charge < -0.3 is 14.4 Å². The van der Waals surface area contributed by atoms with Crippen LogP contribution in [0.15, 0.2) is 47.8 Å². The molecule has 0 atom stereocenters. The zero-order valence-electron chi connectivity index (χ0n) is 22.1. The normalized spacial score (nSPS) is 11.3. The van der Waals surface area contributed by atoms with Gasteiger partial charge in [0.25, 0.3) is 11.8 Å². The first-order chi connectivity index (χ1) is 18.1. The second-order valence-corrected chi connectivity index (χ2v) is 11.5. The van der Waals surface area contributed by atoms with Gasteiger partial charge in [0, 0.05) is 37.1 Å². The lowest BCUT2D eigenvalue weighted by Crippen LogP contribution is -2.39. The molecule has 1 heterocycles. The van der Waals surface area contributed by atoms with Crippen LogP contribution in [0.5, 0.6) is 11.5 Å². The van der Waals surface area contributed by atoms with Gasteiger partial charge in [-0.1, -0.05) is 30.3 Å². The first kappa shape index (κ1) is 29.1. The molecular formula is C26H32N4O6S2. The fourth-order valence-electron chi connectivity index (χ4n) is 3.68. The Kier molecular flexibility index (Phi) is 9.84. The van der Waals surface area contributed by atoms with Gasteiger partial charge in [0.1, 0.15) is 22.2 Å². The number of rotatable bonds is 12. The number of ether oxygens (including phenoxy) is 2. The van der Waals surface area contributed by atoms with Crippen LogP contribution >= 0.6 is 11.3 Å². The number of nitrogens with zero attached hydrogens (tertiary/aromatic N) is 3. The van der Waals surface area contributed by atoms with Crippen LogP contribution in [0.3, 0.4) is 0 Å². The third-order valence-corrected chi connectivity index (χ3v) is 8.07. The minimum absolute atomic E-state index is 0.0363. The van der Waals surface area contributed by atoms with Gasteiger partial charge in [-0.2, -0.15) is 12.7 Å². The Labute approximate surface area is 227 Å². The molecule has 0 aliphatic heterocycles. The lowest BCUT2D eigenvalue weighted by molar-refractivity contribution is 0.0740. The summed E-state index contributed by atoms with van der Waals surface area (Å²) >= 11 is 1.18. The fraction of sp³-hybridized carbons (Fsp3) is 0.346. The van der Waals surface area contributed by atoms with Crippen LogP contribution in [0.4, 0.5) is 0 Å². The Morgan fingerprint density at radius 2 is 1.68 bits per heavy atom. The van der Waals surface area contributed by atoms with E-state index in [1.54, 1.807) is 17.0 Å². The molecule has 204 valence electrons. The summed E-state index contributed by atoms with van der Waals surface area (Å²) in [6.07, 6.45) is 1.48. The number of hydrogen-bond donors (Lipinski definition) is 1. The molecule has 0 radical (unpaired) electrons. The van der Waals surface area contributed by atoms with E-state index < -0.39 is 16.1 Å². The monoisotopic (exact) mass is 560 g/mol. The number of carbonyl (C=O) groups excluding carboxylic acids is 2. The molecule has 0 fully saturated rings. The van der Waals surface area contributed by atoms with E-state index in [2.05, 4.69) is 4.98 Å². The summed E-state index contributed by atoms with van der Waals surface area (Å²) in [5, 5.41) is 1.97. The third kappa shape index (κ3) is 7.30. The topological polar surface area (TPSA) is 118 Å². The minimum atomic E-state index is -3.95. The Hall–Kier alpha value is -3.48. The number of carbonyl (C=O) groups is 2. The van der Waals surface area contributed by atoms with Crippen LogP contribution in [0.1, 0.15) is 43.4 Å². The number of nitrogens with one attached hydrogen (secondary N) is 1. The quantitative estimate of drug-likeness (QED) is 0.361. The third-order valence-electron chi connectivity index (χ3n) is 5.84. The highest BCUT2D eigenvalue weighted by molar-refractivity contribution is 7.87. The van der Waals surface area contributed by atoms with Gasteiger partial charge in [-0.25, -0.2) is 9.71 Å². The summed E-state index contributed by atoms with van der Waals surface area (Å²) in [5.41, 5.74) is 2.31. The molecule has 1 aromatic heterocycles. The average Bonchev–Trinajstić information content (AvgIpc) is 3.37. The van der Waals surface area contributed by atoms with Crippen LogP contribution in [0.25, 0.3) is 0 Å². The van der Waals surface area contributed by atoms with E-state index in [1.165, 1.54) is 45.0 Å². The maximum atomic E-state index is 13.7. The van der Waals surface area contributed by atoms with Crippen molar-refractivity contribution >= 4 is 33.4 Å². The van der Waals surface area contributed by atoms with Crippen LogP contribution in [-0.4, -0.2) is 69.3 Å². The summed E-state index contributed by atoms with van der Waals surface area (Å²) in [4.78, 5) is 32.1. The van der Waals surface area contributed by atoms with Crippen molar-refractivity contribution in [1.82, 2.24) is 18.9 Å². The van der Waals surface area contributed by atoms with Crippen LogP contribution in [0.2, 0.25) is 0 Å². The van der Waals surface area contributed by atoms with Crippen LogP contribution in [-0.2, 0) is 23.2 Å². The van der Waals surface area contributed by atoms with E-state index in [-0.39, 0.29) is 18.1 Å². The molecule has 0 saturated carbocycles. The van der Waals surface area contributed by atoms with Crippen molar-refractivity contribution in [3.05, 3.63) is 75.2 Å². The molecular weight excluding hydrogens is 528 g/mol. The van der Waals surface area contributed by atoms with Crippen molar-refractivity contribution in [3.63, 3.8) is 0 Å². The van der Waals surface area contributed by atoms with Crippen molar-refractivity contribution in [1.29, 1.82) is 0 Å². The van der Waals surface area contributed by atoms with E-state index in [1.807, 2.05) is 42.0 Å². The predicted octanol–water partition coefficient (Wildman–Crippen LogP) is 3.28. The molecule has 2 amide bonds. The Morgan fingerprint density at radius 3 is 2.26 bits per heavy atom. The number of aromatic nitrogens is 1. The van der Waals surface area contributed by atoms with E-state index >= 15 is 0 Å². The van der Waals surface area contributed by atoms with E-state index in [4.69, 9.17) is 9.47 Å². The highest BCUT2D eigenvalue weighted by Crippen LogP contribution is 2.30. The molecule has 10 nitrogen and oxygen atoms in total. The lowest BCUT2D eigenvalue weighted by atomic mass is 10.1. The predicted molar refractivity (Wildman–Crippen MR) is 146 cm³/mol. The standard InChI is InChI=1S/C26H32N4O6S2/c1-18-22(35-4)14-20(15-23(18)36-5)26(32)30(13-9-12-19-10-7-6-8-11-19)16-24-27-21(17-37-24)25(31)28-38(33,34)29(2)3/h6-8,10-11,14-15,17H,9,12-13,16H2,1-5H3,(H,28,31). The maximum absolute atomic E-state index is 13.7. The van der Waals surface area contributed by atoms with E-state index in [9.17, 15) is 18.0 Å². The number of aryl methyl sites for hydroxylation is 1. The molecule has 12 heteroatoms. The zero-order chi connectivity index (χ0) is 27.9. The van der Waals surface area contributed by atoms with Gasteiger partial charge in [-0.05, 0) is 37.5 Å². The first-order valence-corrected chi connectivity index (χ1v) is 14.1. The fourth-order valence-corrected chi connectivity index (χ4v) is 4.99. The number of methoxy groups -OCH3 is 2. The lowest BCUT2D eigenvalue weighted by Gasteiger charge is -2.23. The van der Waals surface area contributed by atoms with Crippen molar-refractivity contribution in [2.75, 3.05) is 34.9 Å². The molecule has 0 saturated heterocycles. The number of thiazole rings is 1. The van der Waals surface area contributed by atoms with Gasteiger partial charge in [0.2, 0.25) is 0 Å². The molecule has 38 heavy (non-hydrogen) atoms. The van der Waals surface area contributed by atoms with Gasteiger partial charge >= 0.3 is 10.2 Å². The molecule has 0 aliphatic rings. The smallest absolute Gasteiger partial charge is 0.303 e. The Balaban J connectivity index is 1.84. The average molecular weight is 561 g/mol. The Bertz CT molecular complexity index is 1350. The van der Waals surface area contributed by atoms with E-state index in [0.29, 0.717) is 35.0 Å². The number of amides is 2. The molecule has 0 aliphatic carbocycles. The molecule has 0 unspecified atom stereocenters. The van der Waals surface area contributed by atoms with Crippen LogP contribution in [0, 0.1) is 6.92 Å². The summed E-state index contributed by atoms with van der Waals surface area (Å²) < 4.78 is 37.8. The van der Waals surface area contributed by atoms with Crippen LogP contribution < -0.4 is 14.2 Å². The van der Waals surface area contributed by atoms with E-state index in [0.717, 1.165) is 21.9 Å². The highest BCUT2D eigenvalue weighted by atomic mass is 32.2. The molecule has 0 spiro atoms. The van der Waals surface area contributed by atoms with Crippen molar-refractivity contribution in [3.8, 4) is 11.5 Å². The van der Waals surface area contributed by atoms with Gasteiger partial charge in [-0.3, -0.25) is 9.59 Å². The van der Waals surface area contributed by atoms with Crippen molar-refractivity contribution in [2.45, 2.75) is 26.3 Å². The van der Waals surface area contributed by atoms with Crippen molar-refractivity contribution < 1.29 is 27.5 Å². The molecule has 2 aromatic carbocycles. The SMILES string of the molecule is COc1cc(C(=O)N(CCCc2ccccc2)Cc2nc(C(=O)NS(=O)(=O)N(C)C)cs2)cc(OC)c1C. The van der Waals surface area contributed by atoms with Crippen molar-refractivity contribution in [2.24, 2.45) is 0 Å². The summed E-state index contributed by atoms with van der Waals surface area (Å²) in [7, 11) is 1.75. The number of hydrogen-bond acceptors (Lipinski definition) is 8. The number of benzene rings is 2. The summed E-state index contributed by atoms with van der Waals surface area (Å²) in [6.45, 7) is 2.43. The highest BCUT2D eigenvalue weighted by Gasteiger charge is 2.23. The Morgan fingerprint density at radius 1 is 1.05 bits per heavy atom. The van der Waals surface area contributed by atoms with Gasteiger partial charge in [0.15, 0.2) is 0 Å². The molecule has 1 N–H and O–H groups in total. The molecule has 3 rings (SSSR count). The minimum Gasteiger partial charge on any atom is -0.496 e. The van der Waals surface area contributed by atoms with Gasteiger partial charge in [-0.15, -0.1) is 11.3 Å².